The maximum atomic E-state index is 12.7. The highest BCUT2D eigenvalue weighted by Gasteiger charge is 2.59. The summed E-state index contributed by atoms with van der Waals surface area (Å²) in [6, 6.07) is 5.41. The Balaban J connectivity index is 1.45. The molecule has 2 N–H and O–H groups in total. The number of benzene rings is 1. The first-order chi connectivity index (χ1) is 11.5. The van der Waals surface area contributed by atoms with E-state index >= 15 is 0 Å². The lowest BCUT2D eigenvalue weighted by Gasteiger charge is -2.33. The zero-order valence-electron chi connectivity index (χ0n) is 13.1. The lowest BCUT2D eigenvalue weighted by atomic mass is 9.90. The van der Waals surface area contributed by atoms with Crippen LogP contribution >= 0.6 is 11.8 Å². The van der Waals surface area contributed by atoms with Crippen molar-refractivity contribution in [1.82, 2.24) is 4.90 Å². The van der Waals surface area contributed by atoms with E-state index in [1.807, 2.05) is 6.07 Å². The fourth-order valence-electron chi connectivity index (χ4n) is 3.80. The van der Waals surface area contributed by atoms with E-state index in [2.05, 4.69) is 5.32 Å². The number of thioether (sulfide) groups is 1. The van der Waals surface area contributed by atoms with Crippen molar-refractivity contribution in [3.05, 3.63) is 23.8 Å². The van der Waals surface area contributed by atoms with Gasteiger partial charge in [-0.15, -0.1) is 11.8 Å². The predicted octanol–water partition coefficient (Wildman–Crippen LogP) is 2.06. The zero-order chi connectivity index (χ0) is 16.9. The fourth-order valence-corrected chi connectivity index (χ4v) is 4.59. The zero-order valence-corrected chi connectivity index (χ0v) is 13.9. The minimum absolute atomic E-state index is 0.0505. The highest BCUT2D eigenvalue weighted by molar-refractivity contribution is 8.00. The molecule has 1 aromatic rings. The van der Waals surface area contributed by atoms with Crippen LogP contribution in [-0.4, -0.2) is 46.6 Å². The predicted molar refractivity (Wildman–Crippen MR) is 89.1 cm³/mol. The van der Waals surface area contributed by atoms with Gasteiger partial charge in [0.05, 0.1) is 17.4 Å². The summed E-state index contributed by atoms with van der Waals surface area (Å²) in [5.41, 5.74) is 1.19. The van der Waals surface area contributed by atoms with Crippen LogP contribution < -0.4 is 5.32 Å². The third kappa shape index (κ3) is 2.56. The molecule has 1 aromatic carbocycles. The number of piperidine rings is 1. The minimum atomic E-state index is -0.710. The highest BCUT2D eigenvalue weighted by atomic mass is 32.2. The van der Waals surface area contributed by atoms with Crippen LogP contribution in [0.1, 0.15) is 29.6 Å². The molecule has 1 atom stereocenters. The van der Waals surface area contributed by atoms with Gasteiger partial charge in [-0.25, -0.2) is 0 Å². The van der Waals surface area contributed by atoms with E-state index in [9.17, 15) is 14.4 Å². The van der Waals surface area contributed by atoms with E-state index in [4.69, 9.17) is 5.11 Å². The molecule has 2 fully saturated rings. The first-order valence-electron chi connectivity index (χ1n) is 8.07. The number of carboxylic acids is 1. The van der Waals surface area contributed by atoms with Crippen molar-refractivity contribution in [2.24, 2.45) is 11.3 Å². The maximum Gasteiger partial charge on any atom is 0.307 e. The summed E-state index contributed by atoms with van der Waals surface area (Å²) >= 11 is 1.47. The fraction of sp³-hybridized carbons (Fsp3) is 0.471. The Morgan fingerprint density at radius 1 is 1.29 bits per heavy atom. The normalized spacial score (nSPS) is 24.2. The van der Waals surface area contributed by atoms with Gasteiger partial charge in [0, 0.05) is 23.5 Å². The van der Waals surface area contributed by atoms with Gasteiger partial charge >= 0.3 is 5.97 Å². The number of aliphatic carboxylic acids is 1. The number of hydrogen-bond acceptors (Lipinski definition) is 4. The van der Waals surface area contributed by atoms with Crippen LogP contribution in [0.5, 0.6) is 0 Å². The molecule has 1 unspecified atom stereocenters. The third-order valence-corrected chi connectivity index (χ3v) is 6.47. The molecule has 6 nitrogen and oxygen atoms in total. The van der Waals surface area contributed by atoms with Gasteiger partial charge in [-0.2, -0.15) is 0 Å². The van der Waals surface area contributed by atoms with Gasteiger partial charge in [-0.1, -0.05) is 0 Å². The van der Waals surface area contributed by atoms with E-state index in [0.29, 0.717) is 30.1 Å². The van der Waals surface area contributed by atoms with Crippen molar-refractivity contribution in [3.8, 4) is 0 Å². The van der Waals surface area contributed by atoms with Gasteiger partial charge in [0.2, 0.25) is 5.91 Å². The maximum absolute atomic E-state index is 12.7. The molecule has 2 amide bonds. The molecule has 1 spiro atoms. The number of nitrogens with zero attached hydrogens (tertiary/aromatic N) is 1. The summed E-state index contributed by atoms with van der Waals surface area (Å²) in [7, 11) is 0. The average Bonchev–Trinajstić information content (AvgIpc) is 3.28. The van der Waals surface area contributed by atoms with Crippen LogP contribution in [0.4, 0.5) is 5.69 Å². The van der Waals surface area contributed by atoms with Crippen LogP contribution in [0.2, 0.25) is 0 Å². The second-order valence-electron chi connectivity index (χ2n) is 6.80. The smallest absolute Gasteiger partial charge is 0.307 e. The minimum Gasteiger partial charge on any atom is -0.481 e. The Labute approximate surface area is 143 Å². The number of carbonyl (C=O) groups excluding carboxylic acids is 2. The van der Waals surface area contributed by atoms with E-state index < -0.39 is 5.97 Å². The van der Waals surface area contributed by atoms with Crippen molar-refractivity contribution in [1.29, 1.82) is 0 Å². The number of carbonyl (C=O) groups is 3. The molecule has 3 aliphatic rings. The van der Waals surface area contributed by atoms with Crippen molar-refractivity contribution in [2.75, 3.05) is 24.2 Å². The molecule has 0 bridgehead atoms. The Morgan fingerprint density at radius 2 is 2.04 bits per heavy atom. The Kier molecular flexibility index (Phi) is 3.56. The van der Waals surface area contributed by atoms with Gasteiger partial charge in [0.15, 0.2) is 0 Å². The summed E-state index contributed by atoms with van der Waals surface area (Å²) in [6.07, 6.45) is 2.26. The van der Waals surface area contributed by atoms with Crippen LogP contribution in [0.25, 0.3) is 0 Å². The molecular weight excluding hydrogens is 328 g/mol. The molecule has 1 saturated heterocycles. The van der Waals surface area contributed by atoms with Gasteiger partial charge in [0.1, 0.15) is 0 Å². The second kappa shape index (κ2) is 5.51. The van der Waals surface area contributed by atoms with Crippen LogP contribution in [0.3, 0.4) is 0 Å². The topological polar surface area (TPSA) is 86.7 Å². The highest BCUT2D eigenvalue weighted by Crippen LogP contribution is 2.59. The molecule has 0 radical (unpaired) electrons. The summed E-state index contributed by atoms with van der Waals surface area (Å²) < 4.78 is 0. The van der Waals surface area contributed by atoms with Gasteiger partial charge < -0.3 is 15.3 Å². The number of amides is 2. The number of fused-ring (bicyclic) bond motifs is 1. The van der Waals surface area contributed by atoms with E-state index in [-0.39, 0.29) is 23.1 Å². The summed E-state index contributed by atoms with van der Waals surface area (Å²) in [6.45, 7) is 1.20. The Bertz CT molecular complexity index is 740. The lowest BCUT2D eigenvalue weighted by molar-refractivity contribution is -0.139. The van der Waals surface area contributed by atoms with Gasteiger partial charge in [0.25, 0.3) is 5.91 Å². The standard InChI is InChI=1S/C17H18N2O4S/c20-14-9-24-13-2-1-10(7-12(13)18-14)15(21)19-5-3-17(4-6-19)8-11(17)16(22)23/h1-2,7,11H,3-6,8-9H2,(H,18,20)(H,22,23). The number of rotatable bonds is 2. The van der Waals surface area contributed by atoms with Crippen LogP contribution in [0, 0.1) is 11.3 Å². The van der Waals surface area contributed by atoms with Crippen molar-refractivity contribution >= 4 is 35.2 Å². The molecule has 7 heteroatoms. The number of likely N-dealkylation sites (tertiary alicyclic amines) is 1. The molecule has 4 rings (SSSR count). The molecule has 2 heterocycles. The molecule has 126 valence electrons. The molecule has 24 heavy (non-hydrogen) atoms. The Morgan fingerprint density at radius 3 is 2.71 bits per heavy atom. The number of anilines is 1. The summed E-state index contributed by atoms with van der Waals surface area (Å²) in [5, 5.41) is 11.9. The summed E-state index contributed by atoms with van der Waals surface area (Å²) in [5.74, 6) is -0.641. The molecule has 2 aliphatic heterocycles. The SMILES string of the molecule is O=C1CSc2ccc(C(=O)N3CCC4(CC3)CC4C(=O)O)cc2N1. The number of nitrogens with one attached hydrogen (secondary N) is 1. The second-order valence-corrected chi connectivity index (χ2v) is 7.81. The van der Waals surface area contributed by atoms with Crippen molar-refractivity contribution in [3.63, 3.8) is 0 Å². The van der Waals surface area contributed by atoms with Crippen LogP contribution in [0.15, 0.2) is 23.1 Å². The van der Waals surface area contributed by atoms with E-state index in [1.54, 1.807) is 17.0 Å². The van der Waals surface area contributed by atoms with Crippen molar-refractivity contribution in [2.45, 2.75) is 24.2 Å². The monoisotopic (exact) mass is 346 g/mol. The molecule has 0 aromatic heterocycles. The first kappa shape index (κ1) is 15.5. The van der Waals surface area contributed by atoms with E-state index in [0.717, 1.165) is 24.2 Å². The number of carboxylic acid groups (broad SMARTS) is 1. The van der Waals surface area contributed by atoms with Gasteiger partial charge in [-0.3, -0.25) is 14.4 Å². The van der Waals surface area contributed by atoms with Crippen molar-refractivity contribution < 1.29 is 19.5 Å². The summed E-state index contributed by atoms with van der Waals surface area (Å²) in [4.78, 5) is 38.1. The lowest BCUT2D eigenvalue weighted by Crippen LogP contribution is -2.40. The molecule has 1 saturated carbocycles. The quantitative estimate of drug-likeness (QED) is 0.856. The van der Waals surface area contributed by atoms with Gasteiger partial charge in [-0.05, 0) is 42.9 Å². The largest absolute Gasteiger partial charge is 0.481 e. The number of hydrogen-bond donors (Lipinski definition) is 2. The molecular formula is C17H18N2O4S. The third-order valence-electron chi connectivity index (χ3n) is 5.39. The van der Waals surface area contributed by atoms with E-state index in [1.165, 1.54) is 11.8 Å². The Hall–Kier alpha value is -2.02. The average molecular weight is 346 g/mol. The first-order valence-corrected chi connectivity index (χ1v) is 9.06. The molecule has 1 aliphatic carbocycles. The van der Waals surface area contributed by atoms with Crippen LogP contribution in [-0.2, 0) is 9.59 Å².